The van der Waals surface area contributed by atoms with Gasteiger partial charge in [-0.2, -0.15) is 0 Å². The highest BCUT2D eigenvalue weighted by molar-refractivity contribution is 5.72. The lowest BCUT2D eigenvalue weighted by Crippen LogP contribution is -2.59. The third-order valence-corrected chi connectivity index (χ3v) is 7.43. The van der Waals surface area contributed by atoms with Crippen LogP contribution in [0.15, 0.2) is 0 Å². The SMILES string of the molecule is CC(CCCCCCCC(O)OC1CC(C)(C)NC(C)(C)C1)C(=O)OC1CC(C)(C)NC(C)(C)C1. The second-order valence-corrected chi connectivity index (χ2v) is 14.1. The molecule has 0 aromatic rings. The number of carbonyl (C=O) groups excluding carboxylic acids is 1. The molecule has 0 aliphatic carbocycles. The highest BCUT2D eigenvalue weighted by Crippen LogP contribution is 2.32. The number of aliphatic hydroxyl groups is 1. The zero-order chi connectivity index (χ0) is 26.5. The first kappa shape index (κ1) is 30.5. The number of rotatable bonds is 12. The molecule has 2 unspecified atom stereocenters. The fourth-order valence-corrected chi connectivity index (χ4v) is 6.63. The van der Waals surface area contributed by atoms with E-state index in [1.165, 1.54) is 0 Å². The maximum Gasteiger partial charge on any atom is 0.308 e. The van der Waals surface area contributed by atoms with E-state index < -0.39 is 6.29 Å². The summed E-state index contributed by atoms with van der Waals surface area (Å²) in [6, 6.07) is 0. The molecule has 2 aliphatic rings. The quantitative estimate of drug-likeness (QED) is 0.179. The van der Waals surface area contributed by atoms with Crippen LogP contribution in [0.4, 0.5) is 0 Å². The first-order chi connectivity index (χ1) is 16.0. The predicted molar refractivity (Wildman–Crippen MR) is 143 cm³/mol. The van der Waals surface area contributed by atoms with E-state index >= 15 is 0 Å². The summed E-state index contributed by atoms with van der Waals surface area (Å²) in [6.45, 7) is 19.5. The Labute approximate surface area is 215 Å². The minimum Gasteiger partial charge on any atom is -0.462 e. The van der Waals surface area contributed by atoms with Crippen LogP contribution in [-0.2, 0) is 14.3 Å². The van der Waals surface area contributed by atoms with Crippen LogP contribution in [0.5, 0.6) is 0 Å². The summed E-state index contributed by atoms with van der Waals surface area (Å²) in [5, 5.41) is 17.7. The van der Waals surface area contributed by atoms with Crippen LogP contribution in [-0.4, -0.2) is 51.7 Å². The van der Waals surface area contributed by atoms with Crippen LogP contribution >= 0.6 is 0 Å². The molecule has 2 fully saturated rings. The average Bonchev–Trinajstić information content (AvgIpc) is 2.61. The molecule has 6 heteroatoms. The summed E-state index contributed by atoms with van der Waals surface area (Å²) in [5.41, 5.74) is 0.0116. The molecule has 0 radical (unpaired) electrons. The molecule has 206 valence electrons. The summed E-state index contributed by atoms with van der Waals surface area (Å²) < 4.78 is 11.9. The lowest BCUT2D eigenvalue weighted by Gasteiger charge is -2.46. The lowest BCUT2D eigenvalue weighted by atomic mass is 9.81. The molecule has 0 bridgehead atoms. The third-order valence-electron chi connectivity index (χ3n) is 7.43. The first-order valence-corrected chi connectivity index (χ1v) is 14.1. The topological polar surface area (TPSA) is 79.8 Å². The fraction of sp³-hybridized carbons (Fsp3) is 0.966. The molecule has 3 N–H and O–H groups in total. The molecule has 2 atom stereocenters. The van der Waals surface area contributed by atoms with Gasteiger partial charge in [0.15, 0.2) is 6.29 Å². The van der Waals surface area contributed by atoms with E-state index in [0.29, 0.717) is 6.42 Å². The van der Waals surface area contributed by atoms with Gasteiger partial charge in [0.25, 0.3) is 0 Å². The molecular weight excluding hydrogens is 440 g/mol. The number of hydrogen-bond donors (Lipinski definition) is 3. The van der Waals surface area contributed by atoms with Crippen molar-refractivity contribution in [2.24, 2.45) is 5.92 Å². The second-order valence-electron chi connectivity index (χ2n) is 14.1. The van der Waals surface area contributed by atoms with Gasteiger partial charge in [0.05, 0.1) is 12.0 Å². The summed E-state index contributed by atoms with van der Waals surface area (Å²) in [4.78, 5) is 12.6. The number of carbonyl (C=O) groups is 1. The van der Waals surface area contributed by atoms with Gasteiger partial charge in [0.1, 0.15) is 6.10 Å². The second kappa shape index (κ2) is 12.2. The van der Waals surface area contributed by atoms with Crippen molar-refractivity contribution in [3.8, 4) is 0 Å². The third kappa shape index (κ3) is 11.5. The summed E-state index contributed by atoms with van der Waals surface area (Å²) >= 11 is 0. The van der Waals surface area contributed by atoms with Crippen molar-refractivity contribution < 1.29 is 19.4 Å². The zero-order valence-electron chi connectivity index (χ0n) is 24.3. The van der Waals surface area contributed by atoms with Gasteiger partial charge in [-0.1, -0.05) is 32.6 Å². The van der Waals surface area contributed by atoms with Crippen LogP contribution in [0, 0.1) is 5.92 Å². The van der Waals surface area contributed by atoms with Crippen molar-refractivity contribution in [3.05, 3.63) is 0 Å². The fourth-order valence-electron chi connectivity index (χ4n) is 6.63. The Hall–Kier alpha value is -0.690. The number of esters is 1. The lowest BCUT2D eigenvalue weighted by molar-refractivity contribution is -0.161. The number of piperidine rings is 2. The highest BCUT2D eigenvalue weighted by Gasteiger charge is 2.40. The molecule has 2 heterocycles. The van der Waals surface area contributed by atoms with E-state index in [1.807, 2.05) is 6.92 Å². The molecule has 2 rings (SSSR count). The Morgan fingerprint density at radius 3 is 1.63 bits per heavy atom. The molecule has 0 aromatic heterocycles. The van der Waals surface area contributed by atoms with Crippen LogP contribution in [0.25, 0.3) is 0 Å². The summed E-state index contributed by atoms with van der Waals surface area (Å²) in [7, 11) is 0. The van der Waals surface area contributed by atoms with Crippen LogP contribution in [0.3, 0.4) is 0 Å². The van der Waals surface area contributed by atoms with Crippen LogP contribution < -0.4 is 10.6 Å². The van der Waals surface area contributed by atoms with Gasteiger partial charge >= 0.3 is 5.97 Å². The Morgan fingerprint density at radius 1 is 0.743 bits per heavy atom. The van der Waals surface area contributed by atoms with Crippen molar-refractivity contribution in [1.82, 2.24) is 10.6 Å². The number of hydrogen-bond acceptors (Lipinski definition) is 6. The van der Waals surface area contributed by atoms with E-state index in [2.05, 4.69) is 66.0 Å². The molecule has 6 nitrogen and oxygen atoms in total. The van der Waals surface area contributed by atoms with E-state index in [9.17, 15) is 9.90 Å². The van der Waals surface area contributed by atoms with Gasteiger partial charge in [-0.15, -0.1) is 0 Å². The number of aliphatic hydroxyl groups excluding tert-OH is 1. The minimum atomic E-state index is -0.676. The van der Waals surface area contributed by atoms with Gasteiger partial charge in [0, 0.05) is 35.0 Å². The molecule has 0 saturated carbocycles. The van der Waals surface area contributed by atoms with Crippen molar-refractivity contribution in [2.45, 2.75) is 174 Å². The monoisotopic (exact) mass is 496 g/mol. The molecule has 0 amide bonds. The zero-order valence-corrected chi connectivity index (χ0v) is 24.3. The molecule has 2 aliphatic heterocycles. The summed E-state index contributed by atoms with van der Waals surface area (Å²) in [5.74, 6) is -0.0992. The van der Waals surface area contributed by atoms with Gasteiger partial charge in [-0.05, 0) is 87.5 Å². The summed E-state index contributed by atoms with van der Waals surface area (Å²) in [6.07, 6.45) is 9.86. The van der Waals surface area contributed by atoms with Gasteiger partial charge < -0.3 is 25.2 Å². The molecular formula is C29H56N2O4. The van der Waals surface area contributed by atoms with E-state index in [4.69, 9.17) is 9.47 Å². The normalized spacial score (nSPS) is 25.7. The number of unbranched alkanes of at least 4 members (excludes halogenated alkanes) is 4. The smallest absolute Gasteiger partial charge is 0.308 e. The Morgan fingerprint density at radius 2 is 1.14 bits per heavy atom. The van der Waals surface area contributed by atoms with Crippen molar-refractivity contribution in [1.29, 1.82) is 0 Å². The van der Waals surface area contributed by atoms with Crippen molar-refractivity contribution >= 4 is 5.97 Å². The van der Waals surface area contributed by atoms with Crippen molar-refractivity contribution in [3.63, 3.8) is 0 Å². The van der Waals surface area contributed by atoms with Gasteiger partial charge in [0.2, 0.25) is 0 Å². The number of nitrogens with one attached hydrogen (secondary N) is 2. The Balaban J connectivity index is 1.56. The van der Waals surface area contributed by atoms with Crippen LogP contribution in [0.1, 0.15) is 133 Å². The molecule has 0 spiro atoms. The molecule has 2 saturated heterocycles. The molecule has 0 aromatic carbocycles. The Kier molecular flexibility index (Phi) is 10.7. The van der Waals surface area contributed by atoms with Gasteiger partial charge in [-0.25, -0.2) is 0 Å². The minimum absolute atomic E-state index is 0.00753. The first-order valence-electron chi connectivity index (χ1n) is 14.1. The highest BCUT2D eigenvalue weighted by atomic mass is 16.6. The van der Waals surface area contributed by atoms with Crippen LogP contribution in [0.2, 0.25) is 0 Å². The van der Waals surface area contributed by atoms with Crippen molar-refractivity contribution in [2.75, 3.05) is 0 Å². The predicted octanol–water partition coefficient (Wildman–Crippen LogP) is 5.85. The Bertz CT molecular complexity index is 642. The number of ether oxygens (including phenoxy) is 2. The largest absolute Gasteiger partial charge is 0.462 e. The standard InChI is InChI=1S/C29H56N2O4/c1-21(25(33)35-23-19-28(6,7)31-29(8,9)20-23)15-13-11-10-12-14-16-24(32)34-22-17-26(2,3)30-27(4,5)18-22/h21-24,30-32H,10-20H2,1-9H3. The maximum atomic E-state index is 12.6. The van der Waals surface area contributed by atoms with E-state index in [0.717, 1.165) is 64.2 Å². The van der Waals surface area contributed by atoms with Gasteiger partial charge in [-0.3, -0.25) is 4.79 Å². The maximum absolute atomic E-state index is 12.6. The van der Waals surface area contributed by atoms with E-state index in [-0.39, 0.29) is 46.3 Å². The average molecular weight is 497 g/mol. The van der Waals surface area contributed by atoms with E-state index in [1.54, 1.807) is 0 Å². The molecule has 35 heavy (non-hydrogen) atoms.